The zero-order valence-corrected chi connectivity index (χ0v) is 10.8. The summed E-state index contributed by atoms with van der Waals surface area (Å²) in [5, 5.41) is 8.85. The molecule has 0 spiro atoms. The predicted molar refractivity (Wildman–Crippen MR) is 64.7 cm³/mol. The van der Waals surface area contributed by atoms with E-state index >= 15 is 0 Å². The molecule has 114 valence electrons. The quantitative estimate of drug-likeness (QED) is 0.902. The highest BCUT2D eigenvalue weighted by Crippen LogP contribution is 2.32. The maximum atomic E-state index is 12.9. The number of carboxylic acid groups (broad SMARTS) is 1. The molecule has 21 heavy (non-hydrogen) atoms. The van der Waals surface area contributed by atoms with E-state index in [2.05, 4.69) is 0 Å². The van der Waals surface area contributed by atoms with Crippen LogP contribution in [0.15, 0.2) is 24.3 Å². The van der Waals surface area contributed by atoms with Gasteiger partial charge in [-0.2, -0.15) is 13.2 Å². The molecular weight excluding hydrogens is 291 g/mol. The monoisotopic (exact) mass is 303 g/mol. The second-order valence-electron chi connectivity index (χ2n) is 4.49. The number of alkyl halides is 3. The summed E-state index contributed by atoms with van der Waals surface area (Å²) >= 11 is 0. The minimum absolute atomic E-state index is 0.0309. The van der Waals surface area contributed by atoms with Gasteiger partial charge in [-0.3, -0.25) is 4.79 Å². The molecule has 0 aromatic heterocycles. The molecule has 0 radical (unpaired) electrons. The number of benzene rings is 1. The van der Waals surface area contributed by atoms with Crippen molar-refractivity contribution in [2.45, 2.75) is 12.3 Å². The molecule has 8 heteroatoms. The molecule has 0 bridgehead atoms. The van der Waals surface area contributed by atoms with Gasteiger partial charge in [0.1, 0.15) is 0 Å². The molecule has 2 rings (SSSR count). The standard InChI is InChI=1S/C13H12F3NO4/c14-13(15,16)9-4-2-1-3-8(9)11(18)17-5-6-21-10(7-17)12(19)20/h1-4,10H,5-7H2,(H,19,20). The average Bonchev–Trinajstić information content (AvgIpc) is 2.45. The number of morpholine rings is 1. The van der Waals surface area contributed by atoms with Gasteiger partial charge in [0.25, 0.3) is 5.91 Å². The van der Waals surface area contributed by atoms with Gasteiger partial charge in [0.15, 0.2) is 6.10 Å². The summed E-state index contributed by atoms with van der Waals surface area (Å²) in [5.74, 6) is -2.10. The molecule has 1 heterocycles. The number of ether oxygens (including phenoxy) is 1. The van der Waals surface area contributed by atoms with Crippen LogP contribution < -0.4 is 0 Å². The molecule has 1 saturated heterocycles. The largest absolute Gasteiger partial charge is 0.479 e. The Morgan fingerprint density at radius 3 is 2.57 bits per heavy atom. The third-order valence-corrected chi connectivity index (χ3v) is 3.09. The molecule has 0 aliphatic carbocycles. The highest BCUT2D eigenvalue weighted by molar-refractivity contribution is 5.96. The van der Waals surface area contributed by atoms with E-state index in [1.807, 2.05) is 0 Å². The Kier molecular flexibility index (Phi) is 4.17. The van der Waals surface area contributed by atoms with E-state index in [9.17, 15) is 22.8 Å². The van der Waals surface area contributed by atoms with Crippen LogP contribution in [0.3, 0.4) is 0 Å². The molecule has 1 aromatic carbocycles. The summed E-state index contributed by atoms with van der Waals surface area (Å²) in [6.07, 6.45) is -5.87. The molecule has 5 nitrogen and oxygen atoms in total. The number of hydrogen-bond acceptors (Lipinski definition) is 3. The number of aliphatic carboxylic acids is 1. The minimum Gasteiger partial charge on any atom is -0.479 e. The number of carboxylic acids is 1. The van der Waals surface area contributed by atoms with Gasteiger partial charge in [-0.15, -0.1) is 0 Å². The van der Waals surface area contributed by atoms with Gasteiger partial charge in [0.05, 0.1) is 24.3 Å². The van der Waals surface area contributed by atoms with Gasteiger partial charge in [0.2, 0.25) is 0 Å². The first-order valence-electron chi connectivity index (χ1n) is 6.10. The van der Waals surface area contributed by atoms with E-state index in [1.165, 1.54) is 12.1 Å². The Balaban J connectivity index is 2.26. The first-order valence-corrected chi connectivity index (χ1v) is 6.10. The van der Waals surface area contributed by atoms with Crippen LogP contribution in [0.1, 0.15) is 15.9 Å². The smallest absolute Gasteiger partial charge is 0.417 e. The Bertz CT molecular complexity index is 559. The molecule has 1 amide bonds. The van der Waals surface area contributed by atoms with Crippen LogP contribution in [0.4, 0.5) is 13.2 Å². The fourth-order valence-corrected chi connectivity index (χ4v) is 2.07. The van der Waals surface area contributed by atoms with Crippen molar-refractivity contribution in [1.29, 1.82) is 0 Å². The lowest BCUT2D eigenvalue weighted by Gasteiger charge is -2.31. The summed E-state index contributed by atoms with van der Waals surface area (Å²) < 4.78 is 43.6. The number of carbonyl (C=O) groups excluding carboxylic acids is 1. The van der Waals surface area contributed by atoms with Gasteiger partial charge in [0, 0.05) is 6.54 Å². The van der Waals surface area contributed by atoms with Crippen molar-refractivity contribution in [3.8, 4) is 0 Å². The maximum Gasteiger partial charge on any atom is 0.417 e. The third kappa shape index (κ3) is 3.33. The van der Waals surface area contributed by atoms with Crippen molar-refractivity contribution in [2.24, 2.45) is 0 Å². The third-order valence-electron chi connectivity index (χ3n) is 3.09. The van der Waals surface area contributed by atoms with Crippen LogP contribution >= 0.6 is 0 Å². The lowest BCUT2D eigenvalue weighted by atomic mass is 10.1. The molecule has 1 unspecified atom stereocenters. The van der Waals surface area contributed by atoms with Crippen LogP contribution in [0.25, 0.3) is 0 Å². The highest BCUT2D eigenvalue weighted by Gasteiger charge is 2.37. The molecule has 0 saturated carbocycles. The second-order valence-corrected chi connectivity index (χ2v) is 4.49. The number of rotatable bonds is 2. The Morgan fingerprint density at radius 2 is 1.95 bits per heavy atom. The molecule has 1 aromatic rings. The Morgan fingerprint density at radius 1 is 1.29 bits per heavy atom. The van der Waals surface area contributed by atoms with Crippen LogP contribution in [0.2, 0.25) is 0 Å². The average molecular weight is 303 g/mol. The maximum absolute atomic E-state index is 12.9. The molecule has 1 fully saturated rings. The number of nitrogens with zero attached hydrogens (tertiary/aromatic N) is 1. The molecule has 1 aliphatic rings. The van der Waals surface area contributed by atoms with Crippen LogP contribution in [0.5, 0.6) is 0 Å². The highest BCUT2D eigenvalue weighted by atomic mass is 19.4. The summed E-state index contributed by atoms with van der Waals surface area (Å²) in [6.45, 7) is -0.258. The topological polar surface area (TPSA) is 66.8 Å². The van der Waals surface area contributed by atoms with Gasteiger partial charge in [-0.1, -0.05) is 12.1 Å². The molecule has 1 aliphatic heterocycles. The minimum atomic E-state index is -4.65. The van der Waals surface area contributed by atoms with Crippen molar-refractivity contribution in [2.75, 3.05) is 19.7 Å². The molecule has 1 atom stereocenters. The van der Waals surface area contributed by atoms with E-state index < -0.39 is 35.3 Å². The Hall–Kier alpha value is -2.09. The van der Waals surface area contributed by atoms with Crippen molar-refractivity contribution in [1.82, 2.24) is 4.90 Å². The van der Waals surface area contributed by atoms with Crippen LogP contribution in [-0.4, -0.2) is 47.7 Å². The van der Waals surface area contributed by atoms with Crippen LogP contribution in [0, 0.1) is 0 Å². The molecular formula is C13H12F3NO4. The predicted octanol–water partition coefficient (Wildman–Crippen LogP) is 1.63. The summed E-state index contributed by atoms with van der Waals surface area (Å²) in [5.41, 5.74) is -1.52. The summed E-state index contributed by atoms with van der Waals surface area (Å²) in [6, 6.07) is 4.43. The first-order chi connectivity index (χ1) is 9.80. The van der Waals surface area contributed by atoms with Gasteiger partial charge in [-0.25, -0.2) is 4.79 Å². The number of carbonyl (C=O) groups is 2. The van der Waals surface area contributed by atoms with Crippen molar-refractivity contribution in [3.05, 3.63) is 35.4 Å². The van der Waals surface area contributed by atoms with Crippen molar-refractivity contribution in [3.63, 3.8) is 0 Å². The normalized spacial score (nSPS) is 19.4. The fourth-order valence-electron chi connectivity index (χ4n) is 2.07. The van der Waals surface area contributed by atoms with E-state index in [1.54, 1.807) is 0 Å². The van der Waals surface area contributed by atoms with Crippen molar-refractivity contribution < 1.29 is 32.6 Å². The number of hydrogen-bond donors (Lipinski definition) is 1. The molecule has 1 N–H and O–H groups in total. The number of halogens is 3. The van der Waals surface area contributed by atoms with E-state index in [0.29, 0.717) is 0 Å². The van der Waals surface area contributed by atoms with Gasteiger partial charge >= 0.3 is 12.1 Å². The summed E-state index contributed by atoms with van der Waals surface area (Å²) in [4.78, 5) is 24.1. The number of amides is 1. The van der Waals surface area contributed by atoms with Crippen LogP contribution in [-0.2, 0) is 15.7 Å². The fraction of sp³-hybridized carbons (Fsp3) is 0.385. The van der Waals surface area contributed by atoms with E-state index in [-0.39, 0.29) is 19.7 Å². The zero-order chi connectivity index (χ0) is 15.6. The lowest BCUT2D eigenvalue weighted by molar-refractivity contribution is -0.154. The van der Waals surface area contributed by atoms with E-state index in [0.717, 1.165) is 17.0 Å². The summed E-state index contributed by atoms with van der Waals surface area (Å²) in [7, 11) is 0. The van der Waals surface area contributed by atoms with Gasteiger partial charge < -0.3 is 14.7 Å². The zero-order valence-electron chi connectivity index (χ0n) is 10.8. The SMILES string of the molecule is O=C(O)C1CN(C(=O)c2ccccc2C(F)(F)F)CCO1. The first kappa shape index (κ1) is 15.3. The van der Waals surface area contributed by atoms with Crippen molar-refractivity contribution >= 4 is 11.9 Å². The Labute approximate surface area is 117 Å². The van der Waals surface area contributed by atoms with E-state index in [4.69, 9.17) is 9.84 Å². The second kappa shape index (κ2) is 5.72. The van der Waals surface area contributed by atoms with Gasteiger partial charge in [-0.05, 0) is 12.1 Å². The lowest BCUT2D eigenvalue weighted by Crippen LogP contribution is -2.48.